The molecule has 0 aliphatic heterocycles. The molecule has 1 aliphatic rings. The Morgan fingerprint density at radius 2 is 2.05 bits per heavy atom. The molecule has 110 valence electrons. The van der Waals surface area contributed by atoms with E-state index in [-0.39, 0.29) is 0 Å². The second kappa shape index (κ2) is 5.99. The summed E-state index contributed by atoms with van der Waals surface area (Å²) in [7, 11) is 3.36. The first-order valence-electron chi connectivity index (χ1n) is 7.05. The molecule has 1 saturated carbocycles. The van der Waals surface area contributed by atoms with E-state index >= 15 is 0 Å². The summed E-state index contributed by atoms with van der Waals surface area (Å²) >= 11 is 0. The number of benzene rings is 1. The van der Waals surface area contributed by atoms with Gasteiger partial charge >= 0.3 is 0 Å². The Morgan fingerprint density at radius 1 is 1.19 bits per heavy atom. The zero-order chi connectivity index (χ0) is 14.7. The Balaban J connectivity index is 1.89. The van der Waals surface area contributed by atoms with E-state index in [1.165, 1.54) is 12.8 Å². The molecule has 0 bridgehead atoms. The second-order valence-corrected chi connectivity index (χ2v) is 5.10. The molecule has 3 rings (SSSR count). The minimum atomic E-state index is 0.539. The SMILES string of the molecule is COc1ccc(OC)c(CN(c2cnccn2)C2CC2)c1. The predicted molar refractivity (Wildman–Crippen MR) is 80.8 cm³/mol. The molecule has 1 fully saturated rings. The molecule has 0 spiro atoms. The number of methoxy groups -OCH3 is 2. The lowest BCUT2D eigenvalue weighted by Gasteiger charge is -2.24. The summed E-state index contributed by atoms with van der Waals surface area (Å²) < 4.78 is 10.8. The normalized spacial score (nSPS) is 13.8. The van der Waals surface area contributed by atoms with E-state index in [0.717, 1.165) is 29.4 Å². The van der Waals surface area contributed by atoms with E-state index in [0.29, 0.717) is 6.04 Å². The fourth-order valence-corrected chi connectivity index (χ4v) is 2.41. The topological polar surface area (TPSA) is 47.5 Å². The molecular formula is C16H19N3O2. The lowest BCUT2D eigenvalue weighted by molar-refractivity contribution is 0.398. The van der Waals surface area contributed by atoms with Crippen molar-refractivity contribution in [2.24, 2.45) is 0 Å². The summed E-state index contributed by atoms with van der Waals surface area (Å²) in [6.07, 6.45) is 7.63. The molecule has 0 radical (unpaired) electrons. The zero-order valence-electron chi connectivity index (χ0n) is 12.3. The average molecular weight is 285 g/mol. The van der Waals surface area contributed by atoms with E-state index < -0.39 is 0 Å². The Morgan fingerprint density at radius 3 is 2.67 bits per heavy atom. The first kappa shape index (κ1) is 13.7. The van der Waals surface area contributed by atoms with Crippen LogP contribution in [-0.4, -0.2) is 30.2 Å². The maximum absolute atomic E-state index is 5.46. The van der Waals surface area contributed by atoms with Crippen molar-refractivity contribution in [2.75, 3.05) is 19.1 Å². The van der Waals surface area contributed by atoms with Crippen molar-refractivity contribution in [3.05, 3.63) is 42.4 Å². The van der Waals surface area contributed by atoms with Crippen LogP contribution in [-0.2, 0) is 6.54 Å². The van der Waals surface area contributed by atoms with Crippen molar-refractivity contribution in [3.8, 4) is 11.5 Å². The molecular weight excluding hydrogens is 266 g/mol. The molecule has 0 saturated heterocycles. The van der Waals surface area contributed by atoms with Crippen LogP contribution in [0.25, 0.3) is 0 Å². The van der Waals surface area contributed by atoms with Gasteiger partial charge in [-0.15, -0.1) is 0 Å². The smallest absolute Gasteiger partial charge is 0.147 e. The molecule has 1 aromatic carbocycles. The summed E-state index contributed by atoms with van der Waals surface area (Å²) in [6.45, 7) is 0.740. The minimum Gasteiger partial charge on any atom is -0.497 e. The molecule has 1 aliphatic carbocycles. The van der Waals surface area contributed by atoms with E-state index in [1.807, 2.05) is 24.4 Å². The van der Waals surface area contributed by atoms with Crippen molar-refractivity contribution in [2.45, 2.75) is 25.4 Å². The van der Waals surface area contributed by atoms with Gasteiger partial charge in [0.25, 0.3) is 0 Å². The Labute approximate surface area is 124 Å². The number of ether oxygens (including phenoxy) is 2. The summed E-state index contributed by atoms with van der Waals surface area (Å²) in [5.41, 5.74) is 1.09. The Hall–Kier alpha value is -2.30. The van der Waals surface area contributed by atoms with Gasteiger partial charge < -0.3 is 14.4 Å². The monoisotopic (exact) mass is 285 g/mol. The van der Waals surface area contributed by atoms with Gasteiger partial charge in [-0.05, 0) is 31.0 Å². The van der Waals surface area contributed by atoms with Crippen molar-refractivity contribution >= 4 is 5.82 Å². The molecule has 5 nitrogen and oxygen atoms in total. The van der Waals surface area contributed by atoms with Gasteiger partial charge in [0.1, 0.15) is 17.3 Å². The average Bonchev–Trinajstić information content (AvgIpc) is 3.38. The Bertz CT molecular complexity index is 600. The number of hydrogen-bond donors (Lipinski definition) is 0. The summed E-state index contributed by atoms with van der Waals surface area (Å²) in [5.74, 6) is 2.61. The van der Waals surface area contributed by atoms with Crippen molar-refractivity contribution in [3.63, 3.8) is 0 Å². The third kappa shape index (κ3) is 3.07. The maximum atomic E-state index is 5.46. The fraction of sp³-hybridized carbons (Fsp3) is 0.375. The quantitative estimate of drug-likeness (QED) is 0.816. The summed E-state index contributed by atoms with van der Waals surface area (Å²) in [5, 5.41) is 0. The van der Waals surface area contributed by atoms with Gasteiger partial charge in [-0.2, -0.15) is 0 Å². The second-order valence-electron chi connectivity index (χ2n) is 5.10. The number of rotatable bonds is 6. The van der Waals surface area contributed by atoms with E-state index in [9.17, 15) is 0 Å². The standard InChI is InChI=1S/C16H19N3O2/c1-20-14-5-6-15(21-2)12(9-14)11-19(13-3-4-13)16-10-17-7-8-18-16/h5-10,13H,3-4,11H2,1-2H3. The number of aromatic nitrogens is 2. The molecule has 0 atom stereocenters. The zero-order valence-corrected chi connectivity index (χ0v) is 12.3. The van der Waals surface area contributed by atoms with E-state index in [4.69, 9.17) is 9.47 Å². The van der Waals surface area contributed by atoms with Crippen LogP contribution in [0.15, 0.2) is 36.8 Å². The lowest BCUT2D eigenvalue weighted by Crippen LogP contribution is -2.26. The molecule has 1 heterocycles. The first-order chi connectivity index (χ1) is 10.3. The molecule has 21 heavy (non-hydrogen) atoms. The Kier molecular flexibility index (Phi) is 3.90. The molecule has 2 aromatic rings. The van der Waals surface area contributed by atoms with Gasteiger partial charge in [0.15, 0.2) is 0 Å². The molecule has 0 N–H and O–H groups in total. The van der Waals surface area contributed by atoms with E-state index in [2.05, 4.69) is 14.9 Å². The van der Waals surface area contributed by atoms with Gasteiger partial charge in [-0.1, -0.05) is 0 Å². The van der Waals surface area contributed by atoms with Crippen LogP contribution in [0.1, 0.15) is 18.4 Å². The first-order valence-corrected chi connectivity index (χ1v) is 7.05. The third-order valence-corrected chi connectivity index (χ3v) is 3.66. The molecule has 1 aromatic heterocycles. The number of hydrogen-bond acceptors (Lipinski definition) is 5. The highest BCUT2D eigenvalue weighted by Gasteiger charge is 2.30. The molecule has 5 heteroatoms. The van der Waals surface area contributed by atoms with Crippen molar-refractivity contribution < 1.29 is 9.47 Å². The van der Waals surface area contributed by atoms with Crippen molar-refractivity contribution in [1.82, 2.24) is 9.97 Å². The van der Waals surface area contributed by atoms with Crippen molar-refractivity contribution in [1.29, 1.82) is 0 Å². The lowest BCUT2D eigenvalue weighted by atomic mass is 10.1. The van der Waals surface area contributed by atoms with Crippen LogP contribution in [0.5, 0.6) is 11.5 Å². The van der Waals surface area contributed by atoms with Crippen LogP contribution < -0.4 is 14.4 Å². The number of nitrogens with zero attached hydrogens (tertiary/aromatic N) is 3. The van der Waals surface area contributed by atoms with Crippen LogP contribution >= 0.6 is 0 Å². The highest BCUT2D eigenvalue weighted by atomic mass is 16.5. The summed E-state index contributed by atoms with van der Waals surface area (Å²) in [6, 6.07) is 6.41. The van der Waals surface area contributed by atoms with Crippen LogP contribution in [0, 0.1) is 0 Å². The van der Waals surface area contributed by atoms with Gasteiger partial charge in [0.2, 0.25) is 0 Å². The predicted octanol–water partition coefficient (Wildman–Crippen LogP) is 2.66. The van der Waals surface area contributed by atoms with E-state index in [1.54, 1.807) is 26.6 Å². The van der Waals surface area contributed by atoms with Gasteiger partial charge in [0, 0.05) is 30.5 Å². The van der Waals surface area contributed by atoms with Gasteiger partial charge in [-0.25, -0.2) is 4.98 Å². The largest absolute Gasteiger partial charge is 0.497 e. The summed E-state index contributed by atoms with van der Waals surface area (Å²) in [4.78, 5) is 10.9. The minimum absolute atomic E-state index is 0.539. The van der Waals surface area contributed by atoms with Crippen LogP contribution in [0.2, 0.25) is 0 Å². The molecule has 0 unspecified atom stereocenters. The highest BCUT2D eigenvalue weighted by Crippen LogP contribution is 2.34. The van der Waals surface area contributed by atoms with Gasteiger partial charge in [-0.3, -0.25) is 4.98 Å². The van der Waals surface area contributed by atoms with Crippen LogP contribution in [0.3, 0.4) is 0 Å². The third-order valence-electron chi connectivity index (χ3n) is 3.66. The fourth-order valence-electron chi connectivity index (χ4n) is 2.41. The number of anilines is 1. The van der Waals surface area contributed by atoms with Gasteiger partial charge in [0.05, 0.1) is 20.4 Å². The highest BCUT2D eigenvalue weighted by molar-refractivity contribution is 5.46. The molecule has 0 amide bonds. The maximum Gasteiger partial charge on any atom is 0.147 e. The van der Waals surface area contributed by atoms with Crippen LogP contribution in [0.4, 0.5) is 5.82 Å².